The normalized spacial score (nSPS) is 11.4. The van der Waals surface area contributed by atoms with Crippen LogP contribution in [0.1, 0.15) is 25.1 Å². The number of ether oxygens (including phenoxy) is 2. The van der Waals surface area contributed by atoms with Gasteiger partial charge in [0.05, 0.1) is 24.2 Å². The van der Waals surface area contributed by atoms with E-state index in [1.54, 1.807) is 13.2 Å². The standard InChI is InChI=1S/C20H20N2O3/c1-13(2)25-19-14(7-6-10-18(19)24-3)11-12-17-20(23)22-16-9-5-4-8-15(16)21-17/h4-13H,1-3H3,(H,22,23)/b12-11+. The second-order valence-electron chi connectivity index (χ2n) is 5.85. The predicted molar refractivity (Wildman–Crippen MR) is 100 cm³/mol. The molecular formula is C20H20N2O3. The van der Waals surface area contributed by atoms with E-state index in [2.05, 4.69) is 9.97 Å². The van der Waals surface area contributed by atoms with Gasteiger partial charge in [-0.3, -0.25) is 4.79 Å². The molecule has 3 rings (SSSR count). The lowest BCUT2D eigenvalue weighted by Crippen LogP contribution is -2.11. The van der Waals surface area contributed by atoms with Crippen LogP contribution < -0.4 is 15.0 Å². The summed E-state index contributed by atoms with van der Waals surface area (Å²) in [7, 11) is 1.60. The monoisotopic (exact) mass is 336 g/mol. The summed E-state index contributed by atoms with van der Waals surface area (Å²) in [4.78, 5) is 19.5. The maximum atomic E-state index is 12.2. The van der Waals surface area contributed by atoms with E-state index in [9.17, 15) is 4.79 Å². The molecule has 0 aliphatic carbocycles. The Kier molecular flexibility index (Phi) is 4.84. The summed E-state index contributed by atoms with van der Waals surface area (Å²) in [5.74, 6) is 1.30. The molecule has 0 bridgehead atoms. The first-order valence-electron chi connectivity index (χ1n) is 8.09. The number of rotatable bonds is 5. The van der Waals surface area contributed by atoms with Crippen LogP contribution in [0, 0.1) is 0 Å². The van der Waals surface area contributed by atoms with Crippen molar-refractivity contribution in [2.75, 3.05) is 7.11 Å². The molecule has 0 atom stereocenters. The minimum Gasteiger partial charge on any atom is -0.493 e. The summed E-state index contributed by atoms with van der Waals surface area (Å²) in [5.41, 5.74) is 2.39. The highest BCUT2D eigenvalue weighted by molar-refractivity contribution is 5.78. The Hall–Kier alpha value is -3.08. The molecule has 3 aromatic rings. The summed E-state index contributed by atoms with van der Waals surface area (Å²) >= 11 is 0. The van der Waals surface area contributed by atoms with Crippen LogP contribution in [-0.4, -0.2) is 23.2 Å². The molecular weight excluding hydrogens is 316 g/mol. The van der Waals surface area contributed by atoms with Crippen LogP contribution in [0.4, 0.5) is 0 Å². The van der Waals surface area contributed by atoms with Gasteiger partial charge in [0.2, 0.25) is 0 Å². The van der Waals surface area contributed by atoms with E-state index in [1.165, 1.54) is 0 Å². The van der Waals surface area contributed by atoms with Gasteiger partial charge in [0, 0.05) is 5.56 Å². The Morgan fingerprint density at radius 2 is 1.88 bits per heavy atom. The first kappa shape index (κ1) is 16.8. The number of aromatic amines is 1. The number of H-pyrrole nitrogens is 1. The van der Waals surface area contributed by atoms with Gasteiger partial charge in [-0.1, -0.05) is 24.3 Å². The van der Waals surface area contributed by atoms with Crippen LogP contribution in [0.25, 0.3) is 23.2 Å². The molecule has 0 radical (unpaired) electrons. The van der Waals surface area contributed by atoms with Crippen LogP contribution in [0.5, 0.6) is 11.5 Å². The van der Waals surface area contributed by atoms with Crippen molar-refractivity contribution in [1.29, 1.82) is 0 Å². The molecule has 0 unspecified atom stereocenters. The van der Waals surface area contributed by atoms with Gasteiger partial charge in [0.1, 0.15) is 5.69 Å². The van der Waals surface area contributed by atoms with E-state index < -0.39 is 0 Å². The molecule has 2 aromatic carbocycles. The van der Waals surface area contributed by atoms with E-state index in [-0.39, 0.29) is 11.7 Å². The van der Waals surface area contributed by atoms with Gasteiger partial charge in [-0.2, -0.15) is 0 Å². The van der Waals surface area contributed by atoms with Crippen molar-refractivity contribution in [3.05, 3.63) is 64.1 Å². The third-order valence-corrected chi connectivity index (χ3v) is 3.63. The van der Waals surface area contributed by atoms with Crippen molar-refractivity contribution < 1.29 is 9.47 Å². The highest BCUT2D eigenvalue weighted by atomic mass is 16.5. The SMILES string of the molecule is COc1cccc(/C=C/c2nc3ccccc3[nH]c2=O)c1OC(C)C. The quantitative estimate of drug-likeness (QED) is 0.768. The molecule has 0 amide bonds. The van der Waals surface area contributed by atoms with Gasteiger partial charge in [-0.05, 0) is 44.2 Å². The average molecular weight is 336 g/mol. The summed E-state index contributed by atoms with van der Waals surface area (Å²) in [6.45, 7) is 3.91. The fourth-order valence-corrected chi connectivity index (χ4v) is 2.51. The van der Waals surface area contributed by atoms with Crippen LogP contribution in [-0.2, 0) is 0 Å². The number of hydrogen-bond donors (Lipinski definition) is 1. The minimum atomic E-state index is -0.232. The van der Waals surface area contributed by atoms with E-state index in [4.69, 9.17) is 9.47 Å². The number of methoxy groups -OCH3 is 1. The third-order valence-electron chi connectivity index (χ3n) is 3.63. The number of fused-ring (bicyclic) bond motifs is 1. The van der Waals surface area contributed by atoms with E-state index in [0.717, 1.165) is 16.6 Å². The van der Waals surface area contributed by atoms with E-state index in [1.807, 2.05) is 62.4 Å². The van der Waals surface area contributed by atoms with Crippen LogP contribution in [0.15, 0.2) is 47.3 Å². The second-order valence-corrected chi connectivity index (χ2v) is 5.85. The Morgan fingerprint density at radius 1 is 1.08 bits per heavy atom. The molecule has 0 spiro atoms. The van der Waals surface area contributed by atoms with Crippen molar-refractivity contribution in [1.82, 2.24) is 9.97 Å². The fourth-order valence-electron chi connectivity index (χ4n) is 2.51. The molecule has 0 aliphatic heterocycles. The molecule has 0 saturated heterocycles. The maximum absolute atomic E-state index is 12.2. The van der Waals surface area contributed by atoms with Crippen molar-refractivity contribution >= 4 is 23.2 Å². The minimum absolute atomic E-state index is 0.00523. The van der Waals surface area contributed by atoms with E-state index >= 15 is 0 Å². The van der Waals surface area contributed by atoms with Gasteiger partial charge < -0.3 is 14.5 Å². The summed E-state index contributed by atoms with van der Waals surface area (Å²) in [5, 5.41) is 0. The smallest absolute Gasteiger partial charge is 0.274 e. The third kappa shape index (κ3) is 3.71. The Morgan fingerprint density at radius 3 is 2.64 bits per heavy atom. The molecule has 0 saturated carbocycles. The Labute approximate surface area is 145 Å². The highest BCUT2D eigenvalue weighted by Crippen LogP contribution is 2.33. The molecule has 5 nitrogen and oxygen atoms in total. The molecule has 1 N–H and O–H groups in total. The topological polar surface area (TPSA) is 64.2 Å². The van der Waals surface area contributed by atoms with Crippen molar-refractivity contribution in [3.8, 4) is 11.5 Å². The summed E-state index contributed by atoms with van der Waals surface area (Å²) < 4.78 is 11.3. The average Bonchev–Trinajstić information content (AvgIpc) is 2.60. The maximum Gasteiger partial charge on any atom is 0.274 e. The van der Waals surface area contributed by atoms with Gasteiger partial charge in [0.15, 0.2) is 11.5 Å². The fraction of sp³-hybridized carbons (Fsp3) is 0.200. The second kappa shape index (κ2) is 7.21. The molecule has 25 heavy (non-hydrogen) atoms. The van der Waals surface area contributed by atoms with Crippen molar-refractivity contribution in [2.45, 2.75) is 20.0 Å². The largest absolute Gasteiger partial charge is 0.493 e. The van der Waals surface area contributed by atoms with Crippen molar-refractivity contribution in [2.24, 2.45) is 0 Å². The first-order chi connectivity index (χ1) is 12.1. The predicted octanol–water partition coefficient (Wildman–Crippen LogP) is 3.89. The number of para-hydroxylation sites is 3. The zero-order valence-electron chi connectivity index (χ0n) is 14.4. The zero-order valence-corrected chi connectivity index (χ0v) is 14.4. The lowest BCUT2D eigenvalue weighted by atomic mass is 10.1. The summed E-state index contributed by atoms with van der Waals surface area (Å²) in [6.07, 6.45) is 3.51. The van der Waals surface area contributed by atoms with Gasteiger partial charge in [0.25, 0.3) is 5.56 Å². The van der Waals surface area contributed by atoms with Crippen LogP contribution in [0.3, 0.4) is 0 Å². The van der Waals surface area contributed by atoms with Crippen molar-refractivity contribution in [3.63, 3.8) is 0 Å². The molecule has 0 fully saturated rings. The van der Waals surface area contributed by atoms with Gasteiger partial charge in [-0.25, -0.2) is 4.98 Å². The molecule has 1 aromatic heterocycles. The molecule has 5 heteroatoms. The zero-order chi connectivity index (χ0) is 17.8. The Balaban J connectivity index is 2.02. The van der Waals surface area contributed by atoms with Gasteiger partial charge >= 0.3 is 0 Å². The van der Waals surface area contributed by atoms with E-state index in [0.29, 0.717) is 17.2 Å². The number of aromatic nitrogens is 2. The first-order valence-corrected chi connectivity index (χ1v) is 8.09. The van der Waals surface area contributed by atoms with Crippen LogP contribution in [0.2, 0.25) is 0 Å². The number of nitrogens with zero attached hydrogens (tertiary/aromatic N) is 1. The number of nitrogens with one attached hydrogen (secondary N) is 1. The Bertz CT molecular complexity index is 974. The lowest BCUT2D eigenvalue weighted by Gasteiger charge is -2.15. The molecule has 0 aliphatic rings. The number of benzene rings is 2. The molecule has 128 valence electrons. The highest BCUT2D eigenvalue weighted by Gasteiger charge is 2.10. The molecule has 1 heterocycles. The van der Waals surface area contributed by atoms with Gasteiger partial charge in [-0.15, -0.1) is 0 Å². The van der Waals surface area contributed by atoms with Crippen LogP contribution >= 0.6 is 0 Å². The summed E-state index contributed by atoms with van der Waals surface area (Å²) in [6, 6.07) is 13.1. The number of hydrogen-bond acceptors (Lipinski definition) is 4. The lowest BCUT2D eigenvalue weighted by molar-refractivity contribution is 0.229.